The van der Waals surface area contributed by atoms with E-state index in [1.807, 2.05) is 13.0 Å². The Bertz CT molecular complexity index is 281. The molecular formula is C11H18N2. The first kappa shape index (κ1) is 10.1. The van der Waals surface area contributed by atoms with Crippen molar-refractivity contribution in [2.24, 2.45) is 0 Å². The molecule has 0 atom stereocenters. The van der Waals surface area contributed by atoms with Gasteiger partial charge in [-0.15, -0.1) is 0 Å². The highest BCUT2D eigenvalue weighted by atomic mass is 15.1. The standard InChI is InChI=1S/C11H18N2/c1-4-13(3)8-10-7-5-6-9(2)11(10)12/h5-7H,4,8,12H2,1-3H3. The van der Waals surface area contributed by atoms with Crippen LogP contribution in [0.25, 0.3) is 0 Å². The van der Waals surface area contributed by atoms with Gasteiger partial charge in [-0.3, -0.25) is 0 Å². The van der Waals surface area contributed by atoms with E-state index in [0.29, 0.717) is 0 Å². The van der Waals surface area contributed by atoms with Crippen molar-refractivity contribution in [3.8, 4) is 0 Å². The van der Waals surface area contributed by atoms with E-state index < -0.39 is 0 Å². The number of hydrogen-bond donors (Lipinski definition) is 1. The van der Waals surface area contributed by atoms with Crippen molar-refractivity contribution in [1.82, 2.24) is 4.90 Å². The van der Waals surface area contributed by atoms with Crippen LogP contribution < -0.4 is 5.73 Å². The van der Waals surface area contributed by atoms with Gasteiger partial charge in [0.25, 0.3) is 0 Å². The van der Waals surface area contributed by atoms with Crippen molar-refractivity contribution in [2.75, 3.05) is 19.3 Å². The SMILES string of the molecule is CCN(C)Cc1cccc(C)c1N. The molecular weight excluding hydrogens is 160 g/mol. The van der Waals surface area contributed by atoms with Gasteiger partial charge in [0.2, 0.25) is 0 Å². The molecule has 0 aliphatic rings. The summed E-state index contributed by atoms with van der Waals surface area (Å²) >= 11 is 0. The van der Waals surface area contributed by atoms with Gasteiger partial charge in [0, 0.05) is 12.2 Å². The summed E-state index contributed by atoms with van der Waals surface area (Å²) in [5.41, 5.74) is 9.29. The molecule has 0 saturated carbocycles. The van der Waals surface area contributed by atoms with Crippen LogP contribution >= 0.6 is 0 Å². The highest BCUT2D eigenvalue weighted by Gasteiger charge is 2.03. The molecule has 72 valence electrons. The van der Waals surface area contributed by atoms with E-state index in [-0.39, 0.29) is 0 Å². The molecule has 0 radical (unpaired) electrons. The molecule has 0 unspecified atom stereocenters. The van der Waals surface area contributed by atoms with Gasteiger partial charge in [-0.05, 0) is 31.6 Å². The van der Waals surface area contributed by atoms with Crippen LogP contribution in [0.1, 0.15) is 18.1 Å². The fraction of sp³-hybridized carbons (Fsp3) is 0.455. The van der Waals surface area contributed by atoms with Crippen molar-refractivity contribution in [3.63, 3.8) is 0 Å². The summed E-state index contributed by atoms with van der Waals surface area (Å²) in [6.45, 7) is 6.17. The summed E-state index contributed by atoms with van der Waals surface area (Å²) in [6, 6.07) is 6.20. The lowest BCUT2D eigenvalue weighted by molar-refractivity contribution is 0.346. The first-order chi connectivity index (χ1) is 6.15. The number of benzene rings is 1. The highest BCUT2D eigenvalue weighted by Crippen LogP contribution is 2.17. The predicted octanol–water partition coefficient (Wildman–Crippen LogP) is 2.03. The molecule has 13 heavy (non-hydrogen) atoms. The van der Waals surface area contributed by atoms with Crippen molar-refractivity contribution in [3.05, 3.63) is 29.3 Å². The Morgan fingerprint density at radius 3 is 2.69 bits per heavy atom. The van der Waals surface area contributed by atoms with Crippen molar-refractivity contribution < 1.29 is 0 Å². The Morgan fingerprint density at radius 2 is 2.08 bits per heavy atom. The molecule has 1 aromatic carbocycles. The minimum atomic E-state index is 0.933. The molecule has 2 N–H and O–H groups in total. The third-order valence-corrected chi connectivity index (χ3v) is 2.39. The summed E-state index contributed by atoms with van der Waals surface area (Å²) in [5, 5.41) is 0. The molecule has 0 saturated heterocycles. The maximum atomic E-state index is 5.96. The summed E-state index contributed by atoms with van der Waals surface area (Å²) in [7, 11) is 2.10. The Kier molecular flexibility index (Phi) is 3.32. The second-order valence-corrected chi connectivity index (χ2v) is 3.48. The molecule has 0 aliphatic heterocycles. The molecule has 2 nitrogen and oxygen atoms in total. The predicted molar refractivity (Wildman–Crippen MR) is 57.6 cm³/mol. The van der Waals surface area contributed by atoms with E-state index in [1.165, 1.54) is 11.1 Å². The smallest absolute Gasteiger partial charge is 0.0389 e. The lowest BCUT2D eigenvalue weighted by atomic mass is 10.1. The van der Waals surface area contributed by atoms with E-state index in [2.05, 4.69) is 31.0 Å². The van der Waals surface area contributed by atoms with Crippen molar-refractivity contribution >= 4 is 5.69 Å². The van der Waals surface area contributed by atoms with E-state index >= 15 is 0 Å². The van der Waals surface area contributed by atoms with E-state index in [1.54, 1.807) is 0 Å². The summed E-state index contributed by atoms with van der Waals surface area (Å²) in [5.74, 6) is 0. The molecule has 0 heterocycles. The quantitative estimate of drug-likeness (QED) is 0.718. The molecule has 0 spiro atoms. The molecule has 0 aromatic heterocycles. The van der Waals surface area contributed by atoms with Gasteiger partial charge in [0.1, 0.15) is 0 Å². The normalized spacial score (nSPS) is 10.8. The Balaban J connectivity index is 2.83. The van der Waals surface area contributed by atoms with Crippen LogP contribution in [0.3, 0.4) is 0 Å². The highest BCUT2D eigenvalue weighted by molar-refractivity contribution is 5.52. The van der Waals surface area contributed by atoms with Crippen LogP contribution in [-0.2, 0) is 6.54 Å². The number of para-hydroxylation sites is 1. The number of anilines is 1. The van der Waals surface area contributed by atoms with Crippen LogP contribution in [0.4, 0.5) is 5.69 Å². The van der Waals surface area contributed by atoms with Gasteiger partial charge in [0.15, 0.2) is 0 Å². The Morgan fingerprint density at radius 1 is 1.38 bits per heavy atom. The summed E-state index contributed by atoms with van der Waals surface area (Å²) < 4.78 is 0. The summed E-state index contributed by atoms with van der Waals surface area (Å²) in [4.78, 5) is 2.24. The topological polar surface area (TPSA) is 29.3 Å². The molecule has 0 aliphatic carbocycles. The largest absolute Gasteiger partial charge is 0.398 e. The average molecular weight is 178 g/mol. The van der Waals surface area contributed by atoms with Gasteiger partial charge >= 0.3 is 0 Å². The lowest BCUT2D eigenvalue weighted by Gasteiger charge is -2.16. The summed E-state index contributed by atoms with van der Waals surface area (Å²) in [6.07, 6.45) is 0. The zero-order valence-electron chi connectivity index (χ0n) is 8.67. The van der Waals surface area contributed by atoms with Crippen LogP contribution in [0, 0.1) is 6.92 Å². The van der Waals surface area contributed by atoms with E-state index in [9.17, 15) is 0 Å². The molecule has 1 rings (SSSR count). The van der Waals surface area contributed by atoms with Gasteiger partial charge in [-0.1, -0.05) is 25.1 Å². The number of aryl methyl sites for hydroxylation is 1. The third kappa shape index (κ3) is 2.46. The van der Waals surface area contributed by atoms with Gasteiger partial charge in [0.05, 0.1) is 0 Å². The van der Waals surface area contributed by atoms with Crippen LogP contribution in [-0.4, -0.2) is 18.5 Å². The van der Waals surface area contributed by atoms with E-state index in [4.69, 9.17) is 5.73 Å². The Labute approximate surface area is 80.4 Å². The minimum absolute atomic E-state index is 0.933. The van der Waals surface area contributed by atoms with E-state index in [0.717, 1.165) is 18.8 Å². The zero-order chi connectivity index (χ0) is 9.84. The maximum Gasteiger partial charge on any atom is 0.0389 e. The first-order valence-electron chi connectivity index (χ1n) is 4.67. The van der Waals surface area contributed by atoms with Crippen LogP contribution in [0.5, 0.6) is 0 Å². The monoisotopic (exact) mass is 178 g/mol. The number of nitrogens with two attached hydrogens (primary N) is 1. The second kappa shape index (κ2) is 4.28. The van der Waals surface area contributed by atoms with Gasteiger partial charge in [-0.25, -0.2) is 0 Å². The average Bonchev–Trinajstić information content (AvgIpc) is 2.13. The van der Waals surface area contributed by atoms with Gasteiger partial charge < -0.3 is 10.6 Å². The molecule has 1 aromatic rings. The van der Waals surface area contributed by atoms with Crippen LogP contribution in [0.2, 0.25) is 0 Å². The fourth-order valence-electron chi connectivity index (χ4n) is 1.28. The fourth-order valence-corrected chi connectivity index (χ4v) is 1.28. The van der Waals surface area contributed by atoms with Crippen LogP contribution in [0.15, 0.2) is 18.2 Å². The first-order valence-corrected chi connectivity index (χ1v) is 4.67. The Hall–Kier alpha value is -1.02. The maximum absolute atomic E-state index is 5.96. The minimum Gasteiger partial charge on any atom is -0.398 e. The number of hydrogen-bond acceptors (Lipinski definition) is 2. The zero-order valence-corrected chi connectivity index (χ0v) is 8.67. The third-order valence-electron chi connectivity index (χ3n) is 2.39. The number of nitrogens with zero attached hydrogens (tertiary/aromatic N) is 1. The number of nitrogen functional groups attached to an aromatic ring is 1. The van der Waals surface area contributed by atoms with Gasteiger partial charge in [-0.2, -0.15) is 0 Å². The molecule has 0 bridgehead atoms. The molecule has 2 heteroatoms. The van der Waals surface area contributed by atoms with Crippen molar-refractivity contribution in [1.29, 1.82) is 0 Å². The van der Waals surface area contributed by atoms with Crippen molar-refractivity contribution in [2.45, 2.75) is 20.4 Å². The molecule has 0 amide bonds. The number of rotatable bonds is 3. The second-order valence-electron chi connectivity index (χ2n) is 3.48. The molecule has 0 fully saturated rings. The lowest BCUT2D eigenvalue weighted by Crippen LogP contribution is -2.17.